The number of benzene rings is 3. The molecule has 0 radical (unpaired) electrons. The van der Waals surface area contributed by atoms with Crippen molar-refractivity contribution < 1.29 is 19.1 Å². The molecule has 0 N–H and O–H groups in total. The van der Waals surface area contributed by atoms with Crippen LogP contribution in [-0.4, -0.2) is 35.8 Å². The Morgan fingerprint density at radius 3 is 2.42 bits per heavy atom. The summed E-state index contributed by atoms with van der Waals surface area (Å²) in [4.78, 5) is 42.6. The zero-order valence-corrected chi connectivity index (χ0v) is 20.5. The van der Waals surface area contributed by atoms with E-state index in [4.69, 9.17) is 4.74 Å². The van der Waals surface area contributed by atoms with Gasteiger partial charge in [0.25, 0.3) is 11.8 Å². The molecule has 3 aromatic rings. The maximum atomic E-state index is 13.6. The Balaban J connectivity index is 1.69. The minimum absolute atomic E-state index is 0.0631. The van der Waals surface area contributed by atoms with Crippen LogP contribution in [0.3, 0.4) is 0 Å². The molecule has 0 aliphatic carbocycles. The molecule has 1 saturated heterocycles. The second-order valence-electron chi connectivity index (χ2n) is 7.91. The van der Waals surface area contributed by atoms with Crippen LogP contribution in [0, 0.1) is 10.5 Å². The summed E-state index contributed by atoms with van der Waals surface area (Å²) in [5.74, 6) is -0.501. The summed E-state index contributed by atoms with van der Waals surface area (Å²) in [5, 5.41) is 0. The summed E-state index contributed by atoms with van der Waals surface area (Å²) in [6.07, 6.45) is -0.0631. The third-order valence-electron chi connectivity index (χ3n) is 5.63. The minimum atomic E-state index is -0.892. The van der Waals surface area contributed by atoms with Gasteiger partial charge in [-0.05, 0) is 77.5 Å². The van der Waals surface area contributed by atoms with Crippen molar-refractivity contribution in [2.75, 3.05) is 12.0 Å². The van der Waals surface area contributed by atoms with Crippen molar-refractivity contribution in [2.45, 2.75) is 25.9 Å². The summed E-state index contributed by atoms with van der Waals surface area (Å²) >= 11 is 2.17. The van der Waals surface area contributed by atoms with Crippen LogP contribution in [0.15, 0.2) is 72.8 Å². The van der Waals surface area contributed by atoms with Crippen molar-refractivity contribution in [1.82, 2.24) is 4.90 Å². The zero-order chi connectivity index (χ0) is 23.5. The second kappa shape index (κ2) is 9.74. The number of amides is 3. The second-order valence-corrected chi connectivity index (χ2v) is 9.16. The number of hydrogen-bond acceptors (Lipinski definition) is 4. The molecular weight excluding hydrogens is 531 g/mol. The Morgan fingerprint density at radius 2 is 1.76 bits per heavy atom. The fourth-order valence-corrected chi connectivity index (χ4v) is 4.22. The summed E-state index contributed by atoms with van der Waals surface area (Å²) in [6.45, 7) is 2.20. The molecule has 0 saturated carbocycles. The summed E-state index contributed by atoms with van der Waals surface area (Å²) in [7, 11) is 1.53. The van der Waals surface area contributed by atoms with Gasteiger partial charge in [0, 0.05) is 15.7 Å². The number of hydrogen-bond donors (Lipinski definition) is 0. The largest absolute Gasteiger partial charge is 0.497 e. The fraction of sp³-hybridized carbons (Fsp3) is 0.192. The van der Waals surface area contributed by atoms with Crippen LogP contribution < -0.4 is 9.64 Å². The SMILES string of the molecule is COc1cccc(C(=O)N(Cc2ccc(C)cc2)C2CC(=O)N(c3ccc(I)cc3)C2=O)c1. The van der Waals surface area contributed by atoms with Crippen molar-refractivity contribution in [3.05, 3.63) is 93.1 Å². The molecule has 1 atom stereocenters. The zero-order valence-electron chi connectivity index (χ0n) is 18.3. The molecule has 0 aromatic heterocycles. The highest BCUT2D eigenvalue weighted by molar-refractivity contribution is 14.1. The van der Waals surface area contributed by atoms with Gasteiger partial charge in [0.05, 0.1) is 19.2 Å². The number of halogens is 1. The van der Waals surface area contributed by atoms with E-state index < -0.39 is 11.9 Å². The number of ether oxygens (including phenoxy) is 1. The van der Waals surface area contributed by atoms with Gasteiger partial charge in [0.1, 0.15) is 11.8 Å². The lowest BCUT2D eigenvalue weighted by molar-refractivity contribution is -0.122. The normalized spacial score (nSPS) is 15.6. The molecule has 3 amide bonds. The first-order valence-corrected chi connectivity index (χ1v) is 11.6. The Hall–Kier alpha value is -3.20. The first-order chi connectivity index (χ1) is 15.9. The Bertz CT molecular complexity index is 1190. The molecule has 3 aromatic carbocycles. The fourth-order valence-electron chi connectivity index (χ4n) is 3.86. The first-order valence-electron chi connectivity index (χ1n) is 10.5. The summed E-state index contributed by atoms with van der Waals surface area (Å²) in [6, 6.07) is 20.9. The molecule has 1 fully saturated rings. The van der Waals surface area contributed by atoms with Gasteiger partial charge >= 0.3 is 0 Å². The quantitative estimate of drug-likeness (QED) is 0.331. The molecule has 1 aliphatic heterocycles. The molecule has 6 nitrogen and oxygen atoms in total. The maximum absolute atomic E-state index is 13.6. The van der Waals surface area contributed by atoms with E-state index in [1.165, 1.54) is 16.9 Å². The highest BCUT2D eigenvalue weighted by Crippen LogP contribution is 2.29. The summed E-state index contributed by atoms with van der Waals surface area (Å²) < 4.78 is 6.26. The topological polar surface area (TPSA) is 66.9 Å². The van der Waals surface area contributed by atoms with Crippen LogP contribution >= 0.6 is 22.6 Å². The van der Waals surface area contributed by atoms with E-state index in [2.05, 4.69) is 22.6 Å². The number of anilines is 1. The molecule has 33 heavy (non-hydrogen) atoms. The standard InChI is InChI=1S/C26H23IN2O4/c1-17-6-8-18(9-7-17)16-28(25(31)19-4-3-5-22(14-19)33-2)23-15-24(30)29(26(23)32)21-12-10-20(27)11-13-21/h3-14,23H,15-16H2,1-2H3. The van der Waals surface area contributed by atoms with E-state index in [0.29, 0.717) is 17.0 Å². The van der Waals surface area contributed by atoms with Crippen molar-refractivity contribution >= 4 is 46.0 Å². The summed E-state index contributed by atoms with van der Waals surface area (Å²) in [5.41, 5.74) is 2.89. The van der Waals surface area contributed by atoms with Crippen molar-refractivity contribution in [3.8, 4) is 5.75 Å². The van der Waals surface area contributed by atoms with E-state index in [1.807, 2.05) is 43.3 Å². The van der Waals surface area contributed by atoms with Crippen LogP contribution in [0.25, 0.3) is 0 Å². The van der Waals surface area contributed by atoms with Crippen LogP contribution in [0.1, 0.15) is 27.9 Å². The van der Waals surface area contributed by atoms with E-state index in [9.17, 15) is 14.4 Å². The van der Waals surface area contributed by atoms with Crippen molar-refractivity contribution in [1.29, 1.82) is 0 Å². The van der Waals surface area contributed by atoms with Gasteiger partial charge in [-0.25, -0.2) is 4.90 Å². The smallest absolute Gasteiger partial charge is 0.257 e. The van der Waals surface area contributed by atoms with Gasteiger partial charge in [-0.15, -0.1) is 0 Å². The molecule has 1 heterocycles. The van der Waals surface area contributed by atoms with Crippen molar-refractivity contribution in [2.24, 2.45) is 0 Å². The molecule has 0 spiro atoms. The number of methoxy groups -OCH3 is 1. The Labute approximate surface area is 206 Å². The molecule has 0 bridgehead atoms. The number of imide groups is 1. The molecule has 1 unspecified atom stereocenters. The highest BCUT2D eigenvalue weighted by Gasteiger charge is 2.44. The van der Waals surface area contributed by atoms with Gasteiger partial charge in [-0.1, -0.05) is 35.9 Å². The Kier molecular flexibility index (Phi) is 6.78. The van der Waals surface area contributed by atoms with Gasteiger partial charge in [-0.2, -0.15) is 0 Å². The molecule has 1 aliphatic rings. The molecule has 4 rings (SSSR count). The lowest BCUT2D eigenvalue weighted by Crippen LogP contribution is -2.45. The third-order valence-corrected chi connectivity index (χ3v) is 6.35. The van der Waals surface area contributed by atoms with Crippen LogP contribution in [0.4, 0.5) is 5.69 Å². The van der Waals surface area contributed by atoms with Gasteiger partial charge in [-0.3, -0.25) is 14.4 Å². The van der Waals surface area contributed by atoms with E-state index in [-0.39, 0.29) is 24.8 Å². The minimum Gasteiger partial charge on any atom is -0.497 e. The number of carbonyl (C=O) groups is 3. The predicted molar refractivity (Wildman–Crippen MR) is 134 cm³/mol. The monoisotopic (exact) mass is 554 g/mol. The van der Waals surface area contributed by atoms with Crippen molar-refractivity contribution in [3.63, 3.8) is 0 Å². The van der Waals surface area contributed by atoms with Crippen LogP contribution in [0.2, 0.25) is 0 Å². The van der Waals surface area contributed by atoms with Gasteiger partial charge < -0.3 is 9.64 Å². The Morgan fingerprint density at radius 1 is 1.06 bits per heavy atom. The van der Waals surface area contributed by atoms with Gasteiger partial charge in [0.2, 0.25) is 5.91 Å². The maximum Gasteiger partial charge on any atom is 0.257 e. The van der Waals surface area contributed by atoms with Crippen LogP contribution in [-0.2, 0) is 16.1 Å². The lowest BCUT2D eigenvalue weighted by Gasteiger charge is -2.28. The van der Waals surface area contributed by atoms with E-state index in [1.54, 1.807) is 36.4 Å². The molecule has 7 heteroatoms. The predicted octanol–water partition coefficient (Wildman–Crippen LogP) is 4.58. The highest BCUT2D eigenvalue weighted by atomic mass is 127. The number of carbonyl (C=O) groups excluding carboxylic acids is 3. The third kappa shape index (κ3) is 4.93. The average Bonchev–Trinajstić information content (AvgIpc) is 3.12. The average molecular weight is 554 g/mol. The van der Waals surface area contributed by atoms with Crippen LogP contribution in [0.5, 0.6) is 5.75 Å². The van der Waals surface area contributed by atoms with E-state index >= 15 is 0 Å². The lowest BCUT2D eigenvalue weighted by atomic mass is 10.1. The first kappa shape index (κ1) is 23.0. The number of rotatable bonds is 6. The van der Waals surface area contributed by atoms with Gasteiger partial charge in [0.15, 0.2) is 0 Å². The van der Waals surface area contributed by atoms with E-state index in [0.717, 1.165) is 14.7 Å². The molecule has 168 valence electrons. The number of aryl methyl sites for hydroxylation is 1. The number of nitrogens with zero attached hydrogens (tertiary/aromatic N) is 2. The molecular formula is C26H23IN2O4.